The molecule has 6 heteroatoms. The van der Waals surface area contributed by atoms with Crippen LogP contribution in [0.2, 0.25) is 0 Å². The predicted octanol–water partition coefficient (Wildman–Crippen LogP) is 1.43. The smallest absolute Gasteiger partial charge is 0.177 e. The first-order valence-electron chi connectivity index (χ1n) is 5.95. The average molecular weight is 257 g/mol. The minimum Gasteiger partial charge on any atom is -0.330 e. The van der Waals surface area contributed by atoms with Crippen LogP contribution in [0.15, 0.2) is 36.4 Å². The molecule has 0 aliphatic carbocycles. The molecule has 0 unspecified atom stereocenters. The summed E-state index contributed by atoms with van der Waals surface area (Å²) in [5.41, 5.74) is 7.57. The molecule has 0 spiro atoms. The molecule has 2 aromatic heterocycles. The van der Waals surface area contributed by atoms with Crippen LogP contribution in [0.4, 0.5) is 4.39 Å². The second-order valence-electron chi connectivity index (χ2n) is 4.15. The maximum atomic E-state index is 13.2. The monoisotopic (exact) mass is 257 g/mol. The molecule has 0 radical (unpaired) electrons. The van der Waals surface area contributed by atoms with Crippen LogP contribution in [0.25, 0.3) is 16.9 Å². The van der Waals surface area contributed by atoms with E-state index in [9.17, 15) is 4.39 Å². The van der Waals surface area contributed by atoms with Crippen LogP contribution in [0.3, 0.4) is 0 Å². The van der Waals surface area contributed by atoms with E-state index >= 15 is 0 Å². The van der Waals surface area contributed by atoms with Gasteiger partial charge < -0.3 is 5.73 Å². The number of fused-ring (bicyclic) bond motifs is 1. The van der Waals surface area contributed by atoms with Crippen molar-refractivity contribution < 1.29 is 4.39 Å². The molecule has 0 aliphatic rings. The fourth-order valence-electron chi connectivity index (χ4n) is 1.92. The number of hydrogen-bond acceptors (Lipinski definition) is 4. The summed E-state index contributed by atoms with van der Waals surface area (Å²) < 4.78 is 14.9. The summed E-state index contributed by atoms with van der Waals surface area (Å²) in [6.07, 6.45) is 0.598. The molecule has 0 aliphatic heterocycles. The van der Waals surface area contributed by atoms with Crippen molar-refractivity contribution in [1.82, 2.24) is 19.8 Å². The fraction of sp³-hybridized carbons (Fsp3) is 0.154. The first-order chi connectivity index (χ1) is 9.28. The first-order valence-corrected chi connectivity index (χ1v) is 5.95. The Morgan fingerprint density at radius 3 is 2.84 bits per heavy atom. The van der Waals surface area contributed by atoms with E-state index in [4.69, 9.17) is 5.73 Å². The lowest BCUT2D eigenvalue weighted by Gasteiger charge is -2.02. The largest absolute Gasteiger partial charge is 0.330 e. The lowest BCUT2D eigenvalue weighted by Crippen LogP contribution is -2.08. The van der Waals surface area contributed by atoms with Gasteiger partial charge in [-0.15, -0.1) is 10.2 Å². The molecule has 0 bridgehead atoms. The Morgan fingerprint density at radius 1 is 1.16 bits per heavy atom. The van der Waals surface area contributed by atoms with E-state index in [1.807, 2.05) is 6.07 Å². The highest BCUT2D eigenvalue weighted by Crippen LogP contribution is 2.18. The topological polar surface area (TPSA) is 69.1 Å². The highest BCUT2D eigenvalue weighted by atomic mass is 19.1. The Labute approximate surface area is 108 Å². The Morgan fingerprint density at radius 2 is 2.05 bits per heavy atom. The van der Waals surface area contributed by atoms with Gasteiger partial charge in [-0.25, -0.2) is 4.39 Å². The number of benzene rings is 1. The van der Waals surface area contributed by atoms with Crippen molar-refractivity contribution in [1.29, 1.82) is 0 Å². The quantitative estimate of drug-likeness (QED) is 0.770. The number of nitrogens with zero attached hydrogens (tertiary/aromatic N) is 4. The summed E-state index contributed by atoms with van der Waals surface area (Å²) in [4.78, 5) is 0. The summed E-state index contributed by atoms with van der Waals surface area (Å²) in [7, 11) is 0. The molecule has 2 N–H and O–H groups in total. The number of hydrogen-bond donors (Lipinski definition) is 1. The van der Waals surface area contributed by atoms with Crippen molar-refractivity contribution >= 4 is 5.65 Å². The van der Waals surface area contributed by atoms with Gasteiger partial charge in [0.25, 0.3) is 0 Å². The first kappa shape index (κ1) is 11.7. The molecule has 0 fully saturated rings. The van der Waals surface area contributed by atoms with Gasteiger partial charge in [0.2, 0.25) is 0 Å². The van der Waals surface area contributed by atoms with Gasteiger partial charge in [0.1, 0.15) is 5.82 Å². The van der Waals surface area contributed by atoms with Gasteiger partial charge in [-0.05, 0) is 30.8 Å². The lowest BCUT2D eigenvalue weighted by molar-refractivity contribution is 0.628. The molecule has 0 atom stereocenters. The minimum absolute atomic E-state index is 0.287. The third-order valence-corrected chi connectivity index (χ3v) is 2.82. The van der Waals surface area contributed by atoms with Crippen LogP contribution in [-0.4, -0.2) is 26.4 Å². The van der Waals surface area contributed by atoms with E-state index in [-0.39, 0.29) is 5.82 Å². The third kappa shape index (κ3) is 2.17. The van der Waals surface area contributed by atoms with Gasteiger partial charge in [0, 0.05) is 12.0 Å². The van der Waals surface area contributed by atoms with Crippen molar-refractivity contribution in [3.05, 3.63) is 48.0 Å². The van der Waals surface area contributed by atoms with Crippen molar-refractivity contribution in [3.8, 4) is 11.3 Å². The molecule has 0 amide bonds. The summed E-state index contributed by atoms with van der Waals surface area (Å²) in [5, 5.41) is 12.5. The lowest BCUT2D eigenvalue weighted by atomic mass is 10.1. The van der Waals surface area contributed by atoms with Gasteiger partial charge >= 0.3 is 0 Å². The maximum absolute atomic E-state index is 13.2. The van der Waals surface area contributed by atoms with Crippen molar-refractivity contribution in [2.45, 2.75) is 6.42 Å². The summed E-state index contributed by atoms with van der Waals surface area (Å²) in [5.74, 6) is 0.418. The number of nitrogens with two attached hydrogens (primary N) is 1. The van der Waals surface area contributed by atoms with E-state index in [0.29, 0.717) is 35.7 Å². The summed E-state index contributed by atoms with van der Waals surface area (Å²) in [6.45, 7) is 0.479. The van der Waals surface area contributed by atoms with E-state index in [0.717, 1.165) is 0 Å². The van der Waals surface area contributed by atoms with Crippen LogP contribution in [0.5, 0.6) is 0 Å². The molecule has 19 heavy (non-hydrogen) atoms. The van der Waals surface area contributed by atoms with Gasteiger partial charge in [0.05, 0.1) is 5.69 Å². The molecule has 3 rings (SSSR count). The van der Waals surface area contributed by atoms with Gasteiger partial charge in [0.15, 0.2) is 11.5 Å². The molecular weight excluding hydrogens is 245 g/mol. The van der Waals surface area contributed by atoms with Gasteiger partial charge in [-0.1, -0.05) is 12.1 Å². The zero-order valence-electron chi connectivity index (χ0n) is 10.1. The van der Waals surface area contributed by atoms with Gasteiger partial charge in [-0.3, -0.25) is 0 Å². The second-order valence-corrected chi connectivity index (χ2v) is 4.15. The molecule has 0 saturated carbocycles. The summed E-state index contributed by atoms with van der Waals surface area (Å²) in [6, 6.07) is 9.92. The van der Waals surface area contributed by atoms with E-state index in [1.54, 1.807) is 22.7 Å². The Kier molecular flexibility index (Phi) is 2.92. The van der Waals surface area contributed by atoms with Crippen LogP contribution in [-0.2, 0) is 6.42 Å². The SMILES string of the molecule is NCCc1nnc2ccc(-c3cccc(F)c3)nn12. The van der Waals surface area contributed by atoms with Crippen LogP contribution >= 0.6 is 0 Å². The molecule has 1 aromatic carbocycles. The summed E-state index contributed by atoms with van der Waals surface area (Å²) >= 11 is 0. The molecule has 2 heterocycles. The standard InChI is InChI=1S/C13H12FN5/c14-10-3-1-2-9(8-10)11-4-5-12-16-17-13(6-7-15)19(12)18-11/h1-5,8H,6-7,15H2. The number of rotatable bonds is 3. The highest BCUT2D eigenvalue weighted by Gasteiger charge is 2.08. The average Bonchev–Trinajstić information content (AvgIpc) is 2.82. The zero-order chi connectivity index (χ0) is 13.2. The van der Waals surface area contributed by atoms with E-state index in [1.165, 1.54) is 12.1 Å². The van der Waals surface area contributed by atoms with Crippen molar-refractivity contribution in [2.75, 3.05) is 6.54 Å². The highest BCUT2D eigenvalue weighted by molar-refractivity contribution is 5.60. The molecule has 3 aromatic rings. The third-order valence-electron chi connectivity index (χ3n) is 2.82. The number of aromatic nitrogens is 4. The van der Waals surface area contributed by atoms with Crippen LogP contribution in [0.1, 0.15) is 5.82 Å². The molecule has 0 saturated heterocycles. The fourth-order valence-corrected chi connectivity index (χ4v) is 1.92. The maximum Gasteiger partial charge on any atom is 0.177 e. The zero-order valence-corrected chi connectivity index (χ0v) is 10.1. The van der Waals surface area contributed by atoms with Crippen molar-refractivity contribution in [2.24, 2.45) is 5.73 Å². The normalized spacial score (nSPS) is 11.1. The predicted molar refractivity (Wildman–Crippen MR) is 68.9 cm³/mol. The Balaban J connectivity index is 2.12. The Bertz CT molecular complexity index is 722. The van der Waals surface area contributed by atoms with Crippen LogP contribution in [0, 0.1) is 5.82 Å². The van der Waals surface area contributed by atoms with E-state index < -0.39 is 0 Å². The van der Waals surface area contributed by atoms with E-state index in [2.05, 4.69) is 15.3 Å². The molecule has 96 valence electrons. The van der Waals surface area contributed by atoms with Crippen molar-refractivity contribution in [3.63, 3.8) is 0 Å². The second kappa shape index (κ2) is 4.74. The molecular formula is C13H12FN5. The Hall–Kier alpha value is -2.34. The molecule has 5 nitrogen and oxygen atoms in total. The van der Waals surface area contributed by atoms with Crippen LogP contribution < -0.4 is 5.73 Å². The van der Waals surface area contributed by atoms with Gasteiger partial charge in [-0.2, -0.15) is 9.61 Å². The number of halogens is 1. The minimum atomic E-state index is -0.287.